The molecular weight excluding hydrogens is 270 g/mol. The lowest BCUT2D eigenvalue weighted by atomic mass is 9.98. The summed E-state index contributed by atoms with van der Waals surface area (Å²) in [6.07, 6.45) is 2.32. The predicted octanol–water partition coefficient (Wildman–Crippen LogP) is 1.79. The second-order valence-electron chi connectivity index (χ2n) is 5.19. The third kappa shape index (κ3) is 3.31. The number of aliphatic hydroxyl groups is 1. The second-order valence-corrected chi connectivity index (χ2v) is 5.19. The number of piperidine rings is 1. The molecule has 0 spiro atoms. The van der Waals surface area contributed by atoms with Crippen molar-refractivity contribution in [2.45, 2.75) is 12.5 Å². The van der Waals surface area contributed by atoms with Crippen LogP contribution >= 0.6 is 0 Å². The number of hydrogen-bond acceptors (Lipinski definition) is 5. The van der Waals surface area contributed by atoms with Crippen molar-refractivity contribution in [1.82, 2.24) is 4.90 Å². The summed E-state index contributed by atoms with van der Waals surface area (Å²) >= 11 is 0. The lowest BCUT2D eigenvalue weighted by Crippen LogP contribution is -2.35. The van der Waals surface area contributed by atoms with Gasteiger partial charge in [0.1, 0.15) is 0 Å². The molecule has 1 atom stereocenters. The van der Waals surface area contributed by atoms with E-state index in [1.807, 2.05) is 25.3 Å². The molecule has 0 amide bonds. The number of aliphatic hydroxyl groups excluding tert-OH is 1. The van der Waals surface area contributed by atoms with Crippen LogP contribution in [0.25, 0.3) is 6.08 Å². The van der Waals surface area contributed by atoms with Gasteiger partial charge in [0, 0.05) is 18.7 Å². The Hall–Kier alpha value is -1.72. The molecule has 0 aromatic heterocycles. The zero-order chi connectivity index (χ0) is 15.4. The molecule has 1 aromatic carbocycles. The molecule has 1 aliphatic rings. The topological polar surface area (TPSA) is 51.2 Å². The summed E-state index contributed by atoms with van der Waals surface area (Å²) in [6.45, 7) is 1.65. The molecule has 0 radical (unpaired) electrons. The average molecular weight is 293 g/mol. The summed E-state index contributed by atoms with van der Waals surface area (Å²) in [6, 6.07) is 3.75. The normalized spacial score (nSPS) is 21.4. The molecule has 0 saturated carbocycles. The van der Waals surface area contributed by atoms with E-state index in [1.165, 1.54) is 0 Å². The quantitative estimate of drug-likeness (QED) is 0.917. The lowest BCUT2D eigenvalue weighted by molar-refractivity contribution is 0.145. The Morgan fingerprint density at radius 2 is 1.86 bits per heavy atom. The fourth-order valence-corrected chi connectivity index (χ4v) is 2.60. The summed E-state index contributed by atoms with van der Waals surface area (Å²) < 4.78 is 16.1. The van der Waals surface area contributed by atoms with Gasteiger partial charge in [-0.3, -0.25) is 0 Å². The Morgan fingerprint density at radius 1 is 1.14 bits per heavy atom. The predicted molar refractivity (Wildman–Crippen MR) is 82.2 cm³/mol. The zero-order valence-corrected chi connectivity index (χ0v) is 13.0. The third-order valence-electron chi connectivity index (χ3n) is 3.74. The van der Waals surface area contributed by atoms with Gasteiger partial charge in [0.2, 0.25) is 5.75 Å². The first-order valence-electron chi connectivity index (χ1n) is 6.96. The maximum Gasteiger partial charge on any atom is 0.203 e. The molecule has 0 unspecified atom stereocenters. The highest BCUT2D eigenvalue weighted by Crippen LogP contribution is 2.40. The Morgan fingerprint density at radius 3 is 2.48 bits per heavy atom. The third-order valence-corrected chi connectivity index (χ3v) is 3.74. The van der Waals surface area contributed by atoms with E-state index < -0.39 is 6.10 Å². The molecule has 5 heteroatoms. The van der Waals surface area contributed by atoms with Crippen LogP contribution in [-0.2, 0) is 0 Å². The van der Waals surface area contributed by atoms with Crippen molar-refractivity contribution in [3.63, 3.8) is 0 Å². The highest BCUT2D eigenvalue weighted by molar-refractivity contribution is 5.68. The molecule has 0 aliphatic carbocycles. The zero-order valence-electron chi connectivity index (χ0n) is 13.0. The van der Waals surface area contributed by atoms with E-state index in [9.17, 15) is 5.11 Å². The van der Waals surface area contributed by atoms with Crippen molar-refractivity contribution >= 4 is 6.08 Å². The number of rotatable bonds is 4. The molecule has 1 heterocycles. The molecule has 116 valence electrons. The van der Waals surface area contributed by atoms with Crippen LogP contribution in [0.2, 0.25) is 0 Å². The van der Waals surface area contributed by atoms with Gasteiger partial charge in [0.05, 0.1) is 27.4 Å². The van der Waals surface area contributed by atoms with Gasteiger partial charge in [-0.05, 0) is 37.3 Å². The van der Waals surface area contributed by atoms with Crippen LogP contribution < -0.4 is 14.2 Å². The fraction of sp³-hybridized carbons (Fsp3) is 0.500. The van der Waals surface area contributed by atoms with Gasteiger partial charge < -0.3 is 24.2 Å². The Bertz CT molecular complexity index is 527. The second kappa shape index (κ2) is 6.83. The van der Waals surface area contributed by atoms with Gasteiger partial charge in [-0.2, -0.15) is 0 Å². The van der Waals surface area contributed by atoms with Crippen molar-refractivity contribution in [2.75, 3.05) is 41.5 Å². The average Bonchev–Trinajstić information content (AvgIpc) is 2.50. The minimum absolute atomic E-state index is 0.404. The lowest BCUT2D eigenvalue weighted by Gasteiger charge is -2.29. The first-order chi connectivity index (χ1) is 10.1. The minimum Gasteiger partial charge on any atom is -0.493 e. The SMILES string of the molecule is COc1ccc(/C=C2\CN(C)CC[C@@H]2O)c(OC)c1OC. The monoisotopic (exact) mass is 293 g/mol. The standard InChI is InChI=1S/C16H23NO4/c1-17-8-7-13(18)12(10-17)9-11-5-6-14(19-2)16(21-4)15(11)20-3/h5-6,9,13,18H,7-8,10H2,1-4H3/b12-9+/t13-/m0/s1. The molecule has 1 aliphatic heterocycles. The first-order valence-corrected chi connectivity index (χ1v) is 6.96. The van der Waals surface area contributed by atoms with Crippen molar-refractivity contribution in [1.29, 1.82) is 0 Å². The van der Waals surface area contributed by atoms with Crippen molar-refractivity contribution < 1.29 is 19.3 Å². The van der Waals surface area contributed by atoms with Gasteiger partial charge in [-0.1, -0.05) is 0 Å². The van der Waals surface area contributed by atoms with Gasteiger partial charge in [0.25, 0.3) is 0 Å². The summed E-state index contributed by atoms with van der Waals surface area (Å²) in [4.78, 5) is 2.19. The number of benzene rings is 1. The number of methoxy groups -OCH3 is 3. The summed E-state index contributed by atoms with van der Waals surface area (Å²) in [5, 5.41) is 10.1. The van der Waals surface area contributed by atoms with Crippen LogP contribution in [0, 0.1) is 0 Å². The largest absolute Gasteiger partial charge is 0.493 e. The Kier molecular flexibility index (Phi) is 5.09. The van der Waals surface area contributed by atoms with E-state index >= 15 is 0 Å². The molecule has 2 rings (SSSR count). The molecule has 1 aromatic rings. The molecule has 1 fully saturated rings. The number of ether oxygens (including phenoxy) is 3. The maximum absolute atomic E-state index is 10.1. The van der Waals surface area contributed by atoms with E-state index in [0.717, 1.165) is 30.6 Å². The van der Waals surface area contributed by atoms with Gasteiger partial charge >= 0.3 is 0 Å². The summed E-state index contributed by atoms with van der Waals surface area (Å²) in [5.41, 5.74) is 1.86. The highest BCUT2D eigenvalue weighted by atomic mass is 16.5. The molecule has 5 nitrogen and oxygen atoms in total. The Labute approximate surface area is 125 Å². The maximum atomic E-state index is 10.1. The first kappa shape index (κ1) is 15.7. The number of nitrogens with zero attached hydrogens (tertiary/aromatic N) is 1. The van der Waals surface area contributed by atoms with Crippen LogP contribution in [0.15, 0.2) is 17.7 Å². The highest BCUT2D eigenvalue weighted by Gasteiger charge is 2.21. The van der Waals surface area contributed by atoms with Crippen molar-refractivity contribution in [3.05, 3.63) is 23.3 Å². The number of likely N-dealkylation sites (N-methyl/N-ethyl adjacent to an activating group) is 1. The number of hydrogen-bond donors (Lipinski definition) is 1. The van der Waals surface area contributed by atoms with E-state index in [-0.39, 0.29) is 0 Å². The van der Waals surface area contributed by atoms with Gasteiger partial charge in [-0.25, -0.2) is 0 Å². The summed E-state index contributed by atoms with van der Waals surface area (Å²) in [5.74, 6) is 1.80. The van der Waals surface area contributed by atoms with Crippen LogP contribution in [0.5, 0.6) is 17.2 Å². The van der Waals surface area contributed by atoms with E-state index in [4.69, 9.17) is 14.2 Å². The number of likely N-dealkylation sites (tertiary alicyclic amines) is 1. The molecule has 1 saturated heterocycles. The van der Waals surface area contributed by atoms with Crippen molar-refractivity contribution in [2.24, 2.45) is 0 Å². The molecule has 21 heavy (non-hydrogen) atoms. The van der Waals surface area contributed by atoms with E-state index in [1.54, 1.807) is 21.3 Å². The van der Waals surface area contributed by atoms with Crippen LogP contribution in [0.1, 0.15) is 12.0 Å². The molecule has 1 N–H and O–H groups in total. The minimum atomic E-state index is -0.404. The summed E-state index contributed by atoms with van der Waals surface area (Å²) in [7, 11) is 6.82. The van der Waals surface area contributed by atoms with Crippen LogP contribution in [-0.4, -0.2) is 57.6 Å². The Balaban J connectivity index is 2.43. The van der Waals surface area contributed by atoms with Crippen LogP contribution in [0.3, 0.4) is 0 Å². The smallest absolute Gasteiger partial charge is 0.203 e. The van der Waals surface area contributed by atoms with Gasteiger partial charge in [0.15, 0.2) is 11.5 Å². The van der Waals surface area contributed by atoms with E-state index in [2.05, 4.69) is 4.90 Å². The van der Waals surface area contributed by atoms with E-state index in [0.29, 0.717) is 17.2 Å². The van der Waals surface area contributed by atoms with Crippen LogP contribution in [0.4, 0.5) is 0 Å². The molecule has 0 bridgehead atoms. The van der Waals surface area contributed by atoms with Gasteiger partial charge in [-0.15, -0.1) is 0 Å². The van der Waals surface area contributed by atoms with Crippen molar-refractivity contribution in [3.8, 4) is 17.2 Å². The molecular formula is C16H23NO4. The fourth-order valence-electron chi connectivity index (χ4n) is 2.60.